The largest absolute Gasteiger partial charge is 0.396 e. The normalized spacial score (nSPS) is 51.4. The molecule has 46 valence electrons. The Morgan fingerprint density at radius 1 is 1.75 bits per heavy atom. The standard InChI is InChI=1S/C6H10O2/c7-3-6-1-5(6)2-8-4-6/h5,7H,1-4H2/t5-,6+/m1/s1. The van der Waals surface area contributed by atoms with E-state index in [4.69, 9.17) is 9.84 Å². The molecular weight excluding hydrogens is 104 g/mol. The molecule has 1 aliphatic heterocycles. The lowest BCUT2D eigenvalue weighted by molar-refractivity contribution is 0.117. The Morgan fingerprint density at radius 3 is 2.88 bits per heavy atom. The van der Waals surface area contributed by atoms with Gasteiger partial charge in [-0.25, -0.2) is 0 Å². The molecule has 2 atom stereocenters. The zero-order chi connectivity index (χ0) is 5.61. The molecule has 1 heterocycles. The summed E-state index contributed by atoms with van der Waals surface area (Å²) in [5.41, 5.74) is 0.236. The lowest BCUT2D eigenvalue weighted by atomic mass is 10.1. The van der Waals surface area contributed by atoms with Gasteiger partial charge in [-0.1, -0.05) is 0 Å². The molecule has 0 aromatic carbocycles. The zero-order valence-electron chi connectivity index (χ0n) is 4.76. The van der Waals surface area contributed by atoms with Crippen LogP contribution in [0.4, 0.5) is 0 Å². The van der Waals surface area contributed by atoms with E-state index in [1.807, 2.05) is 0 Å². The molecule has 8 heavy (non-hydrogen) atoms. The summed E-state index contributed by atoms with van der Waals surface area (Å²) in [6, 6.07) is 0. The first-order valence-electron chi connectivity index (χ1n) is 3.06. The van der Waals surface area contributed by atoms with Gasteiger partial charge in [0.05, 0.1) is 19.8 Å². The number of hydrogen-bond donors (Lipinski definition) is 1. The van der Waals surface area contributed by atoms with Crippen molar-refractivity contribution < 1.29 is 9.84 Å². The fraction of sp³-hybridized carbons (Fsp3) is 1.00. The Hall–Kier alpha value is -0.0800. The van der Waals surface area contributed by atoms with E-state index in [1.54, 1.807) is 0 Å². The molecule has 0 aromatic rings. The van der Waals surface area contributed by atoms with Crippen molar-refractivity contribution in [2.45, 2.75) is 6.42 Å². The quantitative estimate of drug-likeness (QED) is 0.520. The van der Waals surface area contributed by atoms with E-state index in [0.29, 0.717) is 12.5 Å². The first-order chi connectivity index (χ1) is 3.87. The van der Waals surface area contributed by atoms with Crippen LogP contribution in [0.5, 0.6) is 0 Å². The maximum atomic E-state index is 8.79. The topological polar surface area (TPSA) is 29.5 Å². The second kappa shape index (κ2) is 1.25. The molecule has 1 aliphatic carbocycles. The van der Waals surface area contributed by atoms with E-state index < -0.39 is 0 Å². The van der Waals surface area contributed by atoms with E-state index >= 15 is 0 Å². The predicted molar refractivity (Wildman–Crippen MR) is 28.4 cm³/mol. The highest BCUT2D eigenvalue weighted by molar-refractivity contribution is 5.05. The third kappa shape index (κ3) is 0.400. The van der Waals surface area contributed by atoms with Crippen molar-refractivity contribution in [2.24, 2.45) is 11.3 Å². The van der Waals surface area contributed by atoms with Gasteiger partial charge in [-0.2, -0.15) is 0 Å². The highest BCUT2D eigenvalue weighted by atomic mass is 16.5. The molecule has 0 spiro atoms. The number of rotatable bonds is 1. The van der Waals surface area contributed by atoms with Gasteiger partial charge in [0.2, 0.25) is 0 Å². The van der Waals surface area contributed by atoms with Crippen LogP contribution >= 0.6 is 0 Å². The number of aliphatic hydroxyl groups excluding tert-OH is 1. The molecule has 1 N–H and O–H groups in total. The minimum atomic E-state index is 0.236. The Morgan fingerprint density at radius 2 is 2.62 bits per heavy atom. The van der Waals surface area contributed by atoms with E-state index in [9.17, 15) is 0 Å². The third-order valence-electron chi connectivity index (χ3n) is 2.38. The van der Waals surface area contributed by atoms with Gasteiger partial charge in [0.25, 0.3) is 0 Å². The Balaban J connectivity index is 2.08. The summed E-state index contributed by atoms with van der Waals surface area (Å²) in [5.74, 6) is 0.701. The van der Waals surface area contributed by atoms with Crippen LogP contribution in [-0.4, -0.2) is 24.9 Å². The van der Waals surface area contributed by atoms with E-state index in [2.05, 4.69) is 0 Å². The average molecular weight is 114 g/mol. The SMILES string of the molecule is OC[C@@]12COC[C@H]1C2. The zero-order valence-corrected chi connectivity index (χ0v) is 4.76. The molecule has 0 radical (unpaired) electrons. The van der Waals surface area contributed by atoms with Gasteiger partial charge in [0, 0.05) is 5.41 Å². The first-order valence-corrected chi connectivity index (χ1v) is 3.06. The molecule has 1 saturated carbocycles. The third-order valence-corrected chi connectivity index (χ3v) is 2.38. The maximum absolute atomic E-state index is 8.79. The summed E-state index contributed by atoms with van der Waals surface area (Å²) in [7, 11) is 0. The van der Waals surface area contributed by atoms with Crippen molar-refractivity contribution in [1.29, 1.82) is 0 Å². The second-order valence-electron chi connectivity index (χ2n) is 2.94. The molecule has 2 heteroatoms. The average Bonchev–Trinajstić information content (AvgIpc) is 2.38. The summed E-state index contributed by atoms with van der Waals surface area (Å²) in [6.07, 6.45) is 1.20. The van der Waals surface area contributed by atoms with Crippen LogP contribution in [0.2, 0.25) is 0 Å². The van der Waals surface area contributed by atoms with Crippen molar-refractivity contribution in [3.8, 4) is 0 Å². The lowest BCUT2D eigenvalue weighted by Crippen LogP contribution is -2.09. The molecule has 2 nitrogen and oxygen atoms in total. The fourth-order valence-corrected chi connectivity index (χ4v) is 1.49. The van der Waals surface area contributed by atoms with Gasteiger partial charge in [-0.05, 0) is 12.3 Å². The number of ether oxygens (including phenoxy) is 1. The van der Waals surface area contributed by atoms with Crippen LogP contribution in [0.1, 0.15) is 6.42 Å². The molecule has 0 aromatic heterocycles. The summed E-state index contributed by atoms with van der Waals surface area (Å²) in [4.78, 5) is 0. The summed E-state index contributed by atoms with van der Waals surface area (Å²) >= 11 is 0. The highest BCUT2D eigenvalue weighted by Gasteiger charge is 2.57. The van der Waals surface area contributed by atoms with Crippen molar-refractivity contribution in [2.75, 3.05) is 19.8 Å². The van der Waals surface area contributed by atoms with Gasteiger partial charge >= 0.3 is 0 Å². The molecule has 2 aliphatic rings. The molecule has 2 fully saturated rings. The van der Waals surface area contributed by atoms with Crippen LogP contribution in [0.3, 0.4) is 0 Å². The molecule has 0 unspecified atom stereocenters. The van der Waals surface area contributed by atoms with E-state index in [0.717, 1.165) is 13.2 Å². The molecule has 0 amide bonds. The van der Waals surface area contributed by atoms with Gasteiger partial charge in [0.15, 0.2) is 0 Å². The van der Waals surface area contributed by atoms with Crippen molar-refractivity contribution in [3.05, 3.63) is 0 Å². The first kappa shape index (κ1) is 4.77. The minimum Gasteiger partial charge on any atom is -0.396 e. The maximum Gasteiger partial charge on any atom is 0.0548 e. The second-order valence-corrected chi connectivity index (χ2v) is 2.94. The molecule has 1 saturated heterocycles. The Kier molecular flexibility index (Phi) is 0.746. The van der Waals surface area contributed by atoms with Crippen LogP contribution in [0.15, 0.2) is 0 Å². The molecular formula is C6H10O2. The van der Waals surface area contributed by atoms with Gasteiger partial charge in [-0.15, -0.1) is 0 Å². The summed E-state index contributed by atoms with van der Waals surface area (Å²) < 4.78 is 5.14. The van der Waals surface area contributed by atoms with Crippen molar-refractivity contribution in [1.82, 2.24) is 0 Å². The molecule has 0 bridgehead atoms. The van der Waals surface area contributed by atoms with Crippen molar-refractivity contribution >= 4 is 0 Å². The van der Waals surface area contributed by atoms with E-state index in [1.165, 1.54) is 6.42 Å². The monoisotopic (exact) mass is 114 g/mol. The van der Waals surface area contributed by atoms with Crippen LogP contribution < -0.4 is 0 Å². The molecule has 2 rings (SSSR count). The minimum absolute atomic E-state index is 0.236. The van der Waals surface area contributed by atoms with E-state index in [-0.39, 0.29) is 5.41 Å². The van der Waals surface area contributed by atoms with Crippen LogP contribution in [0.25, 0.3) is 0 Å². The highest BCUT2D eigenvalue weighted by Crippen LogP contribution is 2.56. The number of aliphatic hydroxyl groups is 1. The predicted octanol–water partition coefficient (Wildman–Crippen LogP) is 0.0152. The summed E-state index contributed by atoms with van der Waals surface area (Å²) in [5, 5.41) is 8.79. The number of fused-ring (bicyclic) bond motifs is 1. The fourth-order valence-electron chi connectivity index (χ4n) is 1.49. The smallest absolute Gasteiger partial charge is 0.0548 e. The Labute approximate surface area is 48.5 Å². The van der Waals surface area contributed by atoms with Gasteiger partial charge in [-0.3, -0.25) is 0 Å². The van der Waals surface area contributed by atoms with Crippen LogP contribution in [0, 0.1) is 11.3 Å². The van der Waals surface area contributed by atoms with Gasteiger partial charge in [0.1, 0.15) is 0 Å². The van der Waals surface area contributed by atoms with Crippen LogP contribution in [-0.2, 0) is 4.74 Å². The summed E-state index contributed by atoms with van der Waals surface area (Å²) in [6.45, 7) is 2.02. The lowest BCUT2D eigenvalue weighted by Gasteiger charge is -2.02. The number of hydrogen-bond acceptors (Lipinski definition) is 2. The Bertz CT molecular complexity index is 109. The van der Waals surface area contributed by atoms with Gasteiger partial charge < -0.3 is 9.84 Å². The van der Waals surface area contributed by atoms with Crippen molar-refractivity contribution in [3.63, 3.8) is 0 Å².